The lowest BCUT2D eigenvalue weighted by Crippen LogP contribution is -1.94. The van der Waals surface area contributed by atoms with Gasteiger partial charge in [0.2, 0.25) is 0 Å². The number of ether oxygens (including phenoxy) is 1. The summed E-state index contributed by atoms with van der Waals surface area (Å²) in [6.45, 7) is 0. The summed E-state index contributed by atoms with van der Waals surface area (Å²) >= 11 is 5.87. The van der Waals surface area contributed by atoms with Crippen molar-refractivity contribution in [2.45, 2.75) is 0 Å². The van der Waals surface area contributed by atoms with Crippen LogP contribution in [-0.2, 0) is 9.53 Å². The van der Waals surface area contributed by atoms with Crippen LogP contribution in [-0.4, -0.2) is 22.5 Å². The van der Waals surface area contributed by atoms with Crippen molar-refractivity contribution in [3.05, 3.63) is 41.3 Å². The van der Waals surface area contributed by atoms with Crippen LogP contribution in [0.15, 0.2) is 30.6 Å². The Morgan fingerprint density at radius 2 is 2.38 bits per heavy atom. The first-order chi connectivity index (χ1) is 7.70. The maximum Gasteiger partial charge on any atom is 0.330 e. The van der Waals surface area contributed by atoms with Crippen molar-refractivity contribution < 1.29 is 9.53 Å². The molecule has 0 aliphatic heterocycles. The summed E-state index contributed by atoms with van der Waals surface area (Å²) in [7, 11) is 1.33. The van der Waals surface area contributed by atoms with E-state index in [1.165, 1.54) is 13.2 Å². The minimum atomic E-state index is -0.406. The molecule has 0 atom stereocenters. The van der Waals surface area contributed by atoms with Crippen LogP contribution in [0.3, 0.4) is 0 Å². The van der Waals surface area contributed by atoms with Gasteiger partial charge < -0.3 is 4.74 Å². The summed E-state index contributed by atoms with van der Waals surface area (Å²) < 4.78 is 6.30. The molecule has 0 saturated heterocycles. The standard InChI is InChI=1S/C11H9ClN2O2/c1-16-11(15)5-3-9-6-13-10-4-2-8(12)7-14(9)10/h2-7H,1H3. The molecule has 0 spiro atoms. The Hall–Kier alpha value is -1.81. The zero-order valence-corrected chi connectivity index (χ0v) is 9.31. The van der Waals surface area contributed by atoms with Crippen LogP contribution >= 0.6 is 11.6 Å². The number of pyridine rings is 1. The molecule has 0 saturated carbocycles. The molecular formula is C11H9ClN2O2. The van der Waals surface area contributed by atoms with Gasteiger partial charge >= 0.3 is 5.97 Å². The van der Waals surface area contributed by atoms with Gasteiger partial charge in [-0.3, -0.25) is 4.40 Å². The van der Waals surface area contributed by atoms with E-state index >= 15 is 0 Å². The molecule has 16 heavy (non-hydrogen) atoms. The number of carbonyl (C=O) groups is 1. The Balaban J connectivity index is 2.41. The first-order valence-corrected chi connectivity index (χ1v) is 4.97. The molecule has 0 fully saturated rings. The van der Waals surface area contributed by atoms with Gasteiger partial charge in [-0.25, -0.2) is 9.78 Å². The molecule has 0 aromatic carbocycles. The highest BCUT2D eigenvalue weighted by Crippen LogP contribution is 2.13. The zero-order valence-electron chi connectivity index (χ0n) is 8.55. The van der Waals surface area contributed by atoms with E-state index < -0.39 is 5.97 Å². The summed E-state index contributed by atoms with van der Waals surface area (Å²) in [4.78, 5) is 15.1. The number of esters is 1. The molecule has 0 bridgehead atoms. The topological polar surface area (TPSA) is 43.6 Å². The minimum Gasteiger partial charge on any atom is -0.466 e. The number of nitrogens with zero attached hydrogens (tertiary/aromatic N) is 2. The van der Waals surface area contributed by atoms with Crippen LogP contribution in [0.5, 0.6) is 0 Å². The first kappa shape index (κ1) is 10.7. The predicted octanol–water partition coefficient (Wildman–Crippen LogP) is 2.17. The minimum absolute atomic E-state index is 0.406. The van der Waals surface area contributed by atoms with E-state index in [2.05, 4.69) is 9.72 Å². The highest BCUT2D eigenvalue weighted by molar-refractivity contribution is 6.30. The highest BCUT2D eigenvalue weighted by Gasteiger charge is 2.01. The Bertz CT molecular complexity index is 560. The highest BCUT2D eigenvalue weighted by atomic mass is 35.5. The van der Waals surface area contributed by atoms with Crippen LogP contribution < -0.4 is 0 Å². The molecule has 0 aliphatic rings. The monoisotopic (exact) mass is 236 g/mol. The van der Waals surface area contributed by atoms with Crippen molar-refractivity contribution in [3.63, 3.8) is 0 Å². The van der Waals surface area contributed by atoms with Gasteiger partial charge in [-0.2, -0.15) is 0 Å². The predicted molar refractivity (Wildman–Crippen MR) is 61.3 cm³/mol. The van der Waals surface area contributed by atoms with Gasteiger partial charge in [0.1, 0.15) is 5.65 Å². The number of rotatable bonds is 2. The second-order valence-electron chi connectivity index (χ2n) is 3.12. The van der Waals surface area contributed by atoms with Gasteiger partial charge in [-0.15, -0.1) is 0 Å². The Morgan fingerprint density at radius 3 is 3.12 bits per heavy atom. The van der Waals surface area contributed by atoms with Gasteiger partial charge in [0.15, 0.2) is 0 Å². The maximum atomic E-state index is 10.9. The zero-order chi connectivity index (χ0) is 11.5. The number of hydrogen-bond acceptors (Lipinski definition) is 3. The number of imidazole rings is 1. The van der Waals surface area contributed by atoms with E-state index in [0.29, 0.717) is 5.02 Å². The third-order valence-corrected chi connectivity index (χ3v) is 2.31. The molecule has 4 nitrogen and oxygen atoms in total. The van der Waals surface area contributed by atoms with E-state index in [9.17, 15) is 4.79 Å². The van der Waals surface area contributed by atoms with Gasteiger partial charge in [-0.1, -0.05) is 11.6 Å². The van der Waals surface area contributed by atoms with Crippen LogP contribution in [0, 0.1) is 0 Å². The van der Waals surface area contributed by atoms with Crippen LogP contribution in [0.4, 0.5) is 0 Å². The average Bonchev–Trinajstić information content (AvgIpc) is 2.68. The summed E-state index contributed by atoms with van der Waals surface area (Å²) in [5, 5.41) is 0.609. The number of carbonyl (C=O) groups excluding carboxylic acids is 1. The summed E-state index contributed by atoms with van der Waals surface area (Å²) in [6, 6.07) is 3.56. The third kappa shape index (κ3) is 2.06. The lowest BCUT2D eigenvalue weighted by molar-refractivity contribution is -0.134. The summed E-state index contributed by atoms with van der Waals surface area (Å²) in [5.74, 6) is -0.406. The van der Waals surface area contributed by atoms with E-state index in [0.717, 1.165) is 11.3 Å². The Labute approximate surface area is 97.1 Å². The van der Waals surface area contributed by atoms with Crippen LogP contribution in [0.25, 0.3) is 11.7 Å². The average molecular weight is 237 g/mol. The molecule has 5 heteroatoms. The van der Waals surface area contributed by atoms with Crippen LogP contribution in [0.2, 0.25) is 5.02 Å². The molecule has 0 N–H and O–H groups in total. The molecule has 0 amide bonds. The van der Waals surface area contributed by atoms with E-state index in [-0.39, 0.29) is 0 Å². The van der Waals surface area contributed by atoms with Crippen molar-refractivity contribution in [2.24, 2.45) is 0 Å². The van der Waals surface area contributed by atoms with Crippen molar-refractivity contribution in [2.75, 3.05) is 7.11 Å². The SMILES string of the molecule is COC(=O)C=Cc1cnc2ccc(Cl)cn12. The van der Waals surface area contributed by atoms with Crippen molar-refractivity contribution >= 4 is 29.3 Å². The molecule has 2 aromatic heterocycles. The van der Waals surface area contributed by atoms with E-state index in [4.69, 9.17) is 11.6 Å². The third-order valence-electron chi connectivity index (χ3n) is 2.09. The lowest BCUT2D eigenvalue weighted by atomic mass is 10.4. The fourth-order valence-corrected chi connectivity index (χ4v) is 1.48. The van der Waals surface area contributed by atoms with E-state index in [1.807, 2.05) is 0 Å². The fourth-order valence-electron chi connectivity index (χ4n) is 1.32. The smallest absolute Gasteiger partial charge is 0.330 e. The largest absolute Gasteiger partial charge is 0.466 e. The lowest BCUT2D eigenvalue weighted by Gasteiger charge is -1.97. The molecule has 0 radical (unpaired) electrons. The molecule has 0 unspecified atom stereocenters. The Kier molecular flexibility index (Phi) is 2.92. The van der Waals surface area contributed by atoms with Gasteiger partial charge in [0, 0.05) is 12.3 Å². The van der Waals surface area contributed by atoms with Crippen molar-refractivity contribution in [1.29, 1.82) is 0 Å². The quantitative estimate of drug-likeness (QED) is 0.593. The van der Waals surface area contributed by atoms with Crippen molar-refractivity contribution in [1.82, 2.24) is 9.38 Å². The summed E-state index contributed by atoms with van der Waals surface area (Å²) in [6.07, 6.45) is 6.36. The number of methoxy groups -OCH3 is 1. The second-order valence-corrected chi connectivity index (χ2v) is 3.55. The van der Waals surface area contributed by atoms with Crippen LogP contribution in [0.1, 0.15) is 5.69 Å². The molecular weight excluding hydrogens is 228 g/mol. The number of aromatic nitrogens is 2. The molecule has 0 aliphatic carbocycles. The van der Waals surface area contributed by atoms with Gasteiger partial charge in [0.25, 0.3) is 0 Å². The molecule has 82 valence electrons. The fraction of sp³-hybridized carbons (Fsp3) is 0.0909. The molecule has 2 rings (SSSR count). The molecule has 2 heterocycles. The maximum absolute atomic E-state index is 10.9. The summed E-state index contributed by atoms with van der Waals surface area (Å²) in [5.41, 5.74) is 1.54. The normalized spacial score (nSPS) is 11.1. The number of halogens is 1. The van der Waals surface area contributed by atoms with Gasteiger partial charge in [-0.05, 0) is 18.2 Å². The first-order valence-electron chi connectivity index (χ1n) is 4.59. The van der Waals surface area contributed by atoms with Crippen molar-refractivity contribution in [3.8, 4) is 0 Å². The number of fused-ring (bicyclic) bond motifs is 1. The Morgan fingerprint density at radius 1 is 1.56 bits per heavy atom. The van der Waals surface area contributed by atoms with Gasteiger partial charge in [0.05, 0.1) is 24.0 Å². The van der Waals surface area contributed by atoms with E-state index in [1.54, 1.807) is 35.0 Å². The number of hydrogen-bond donors (Lipinski definition) is 0. The molecule has 2 aromatic rings. The second kappa shape index (κ2) is 4.37.